The number of carbonyl (C=O) groups is 1. The molecule has 2 aromatic heterocycles. The number of aromatic nitrogens is 6. The summed E-state index contributed by atoms with van der Waals surface area (Å²) < 4.78 is 0. The minimum atomic E-state index is -1.02. The largest absolute Gasteiger partial charge is 0.480 e. The van der Waals surface area contributed by atoms with Crippen LogP contribution in [0.15, 0.2) is 24.8 Å². The molecule has 0 spiro atoms. The number of rotatable bonds is 4. The Morgan fingerprint density at radius 3 is 2.20 bits per heavy atom. The normalized spacial score (nSPS) is 12.5. The fraction of sp³-hybridized carbons (Fsp3) is 0.286. The molecular weight excluding hydrogens is 200 g/mol. The van der Waals surface area contributed by atoms with Crippen molar-refractivity contribution >= 4 is 5.97 Å². The maximum Gasteiger partial charge on any atom is 0.332 e. The molecule has 15 heavy (non-hydrogen) atoms. The molecule has 2 heterocycles. The van der Waals surface area contributed by atoms with Crippen molar-refractivity contribution in [3.05, 3.63) is 24.8 Å². The first-order valence-corrected chi connectivity index (χ1v) is 4.20. The van der Waals surface area contributed by atoms with Crippen LogP contribution in [0.5, 0.6) is 0 Å². The summed E-state index contributed by atoms with van der Waals surface area (Å²) in [4.78, 5) is 13.4. The molecule has 0 saturated carbocycles. The lowest BCUT2D eigenvalue weighted by Crippen LogP contribution is -2.27. The van der Waals surface area contributed by atoms with Crippen LogP contribution in [-0.4, -0.2) is 41.1 Å². The Hall–Kier alpha value is -2.25. The second kappa shape index (κ2) is 3.86. The van der Waals surface area contributed by atoms with Crippen LogP contribution in [0.3, 0.4) is 0 Å². The summed E-state index contributed by atoms with van der Waals surface area (Å²) in [7, 11) is 0. The highest BCUT2D eigenvalue weighted by molar-refractivity contribution is 5.71. The van der Waals surface area contributed by atoms with Crippen LogP contribution < -0.4 is 0 Å². The molecule has 0 bridgehead atoms. The Bertz CT molecular complexity index is 422. The lowest BCUT2D eigenvalue weighted by Gasteiger charge is -2.09. The Balaban J connectivity index is 2.18. The van der Waals surface area contributed by atoms with Gasteiger partial charge in [0.2, 0.25) is 0 Å². The van der Waals surface area contributed by atoms with E-state index in [1.807, 2.05) is 0 Å². The lowest BCUT2D eigenvalue weighted by atomic mass is 10.3. The molecule has 8 heteroatoms. The first-order valence-electron chi connectivity index (χ1n) is 4.20. The molecular formula is C7H8N6O2. The van der Waals surface area contributed by atoms with Crippen molar-refractivity contribution in [3.8, 4) is 0 Å². The predicted octanol–water partition coefficient (Wildman–Crippen LogP) is -0.805. The number of hydrogen-bond donors (Lipinski definition) is 1. The van der Waals surface area contributed by atoms with Gasteiger partial charge in [0.1, 0.15) is 0 Å². The van der Waals surface area contributed by atoms with Gasteiger partial charge in [0.15, 0.2) is 6.04 Å². The molecule has 1 atom stereocenters. The fourth-order valence-corrected chi connectivity index (χ4v) is 1.13. The fourth-order valence-electron chi connectivity index (χ4n) is 1.13. The van der Waals surface area contributed by atoms with E-state index in [2.05, 4.69) is 20.4 Å². The molecule has 2 aromatic rings. The van der Waals surface area contributed by atoms with E-state index in [0.29, 0.717) is 0 Å². The molecule has 1 unspecified atom stereocenters. The van der Waals surface area contributed by atoms with Gasteiger partial charge in [-0.1, -0.05) is 0 Å². The topological polar surface area (TPSA) is 98.7 Å². The highest BCUT2D eigenvalue weighted by Gasteiger charge is 2.22. The summed E-state index contributed by atoms with van der Waals surface area (Å²) in [5.41, 5.74) is 0. The summed E-state index contributed by atoms with van der Waals surface area (Å²) in [6, 6.07) is -0.896. The van der Waals surface area contributed by atoms with E-state index in [0.717, 1.165) is 4.80 Å². The second-order valence-corrected chi connectivity index (χ2v) is 2.79. The van der Waals surface area contributed by atoms with Gasteiger partial charge in [-0.3, -0.25) is 0 Å². The molecule has 0 aromatic carbocycles. The third kappa shape index (κ3) is 1.98. The van der Waals surface area contributed by atoms with Gasteiger partial charge >= 0.3 is 5.97 Å². The third-order valence-electron chi connectivity index (χ3n) is 1.80. The molecule has 1 N–H and O–H groups in total. The quantitative estimate of drug-likeness (QED) is 0.705. The number of carboxylic acids is 1. The highest BCUT2D eigenvalue weighted by atomic mass is 16.4. The van der Waals surface area contributed by atoms with E-state index in [9.17, 15) is 4.79 Å². The molecule has 0 radical (unpaired) electrons. The van der Waals surface area contributed by atoms with E-state index in [4.69, 9.17) is 5.11 Å². The van der Waals surface area contributed by atoms with Crippen LogP contribution in [0, 0.1) is 0 Å². The molecule has 0 fully saturated rings. The SMILES string of the molecule is O=C(O)C(Cn1nccn1)n1nccn1. The number of aliphatic carboxylic acids is 1. The zero-order valence-corrected chi connectivity index (χ0v) is 7.63. The van der Waals surface area contributed by atoms with Crippen molar-refractivity contribution in [3.63, 3.8) is 0 Å². The zero-order valence-electron chi connectivity index (χ0n) is 7.63. The van der Waals surface area contributed by atoms with Gasteiger partial charge in [-0.25, -0.2) is 4.79 Å². The van der Waals surface area contributed by atoms with Crippen molar-refractivity contribution in [1.82, 2.24) is 30.0 Å². The van der Waals surface area contributed by atoms with Crippen LogP contribution in [0.25, 0.3) is 0 Å². The van der Waals surface area contributed by atoms with Crippen molar-refractivity contribution in [2.75, 3.05) is 0 Å². The average molecular weight is 208 g/mol. The summed E-state index contributed by atoms with van der Waals surface area (Å²) >= 11 is 0. The molecule has 0 saturated heterocycles. The monoisotopic (exact) mass is 208 g/mol. The summed E-state index contributed by atoms with van der Waals surface area (Å²) in [5.74, 6) is -1.02. The molecule has 8 nitrogen and oxygen atoms in total. The molecule has 0 aliphatic rings. The van der Waals surface area contributed by atoms with Crippen LogP contribution in [0.2, 0.25) is 0 Å². The Morgan fingerprint density at radius 1 is 1.13 bits per heavy atom. The van der Waals surface area contributed by atoms with E-state index >= 15 is 0 Å². The minimum Gasteiger partial charge on any atom is -0.480 e. The van der Waals surface area contributed by atoms with Crippen LogP contribution in [0.4, 0.5) is 0 Å². The van der Waals surface area contributed by atoms with E-state index in [-0.39, 0.29) is 6.54 Å². The van der Waals surface area contributed by atoms with Gasteiger partial charge in [0, 0.05) is 0 Å². The molecule has 0 aliphatic carbocycles. The smallest absolute Gasteiger partial charge is 0.332 e. The Kier molecular flexibility index (Phi) is 2.40. The van der Waals surface area contributed by atoms with Gasteiger partial charge in [0.05, 0.1) is 31.3 Å². The van der Waals surface area contributed by atoms with E-state index in [1.165, 1.54) is 29.6 Å². The molecule has 78 valence electrons. The lowest BCUT2D eigenvalue weighted by molar-refractivity contribution is -0.142. The van der Waals surface area contributed by atoms with Crippen molar-refractivity contribution in [2.45, 2.75) is 12.6 Å². The number of nitrogens with zero attached hydrogens (tertiary/aromatic N) is 6. The average Bonchev–Trinajstić information content (AvgIpc) is 2.87. The van der Waals surface area contributed by atoms with Gasteiger partial charge in [-0.05, 0) is 0 Å². The summed E-state index contributed by atoms with van der Waals surface area (Å²) in [5, 5.41) is 24.2. The highest BCUT2D eigenvalue weighted by Crippen LogP contribution is 2.04. The zero-order chi connectivity index (χ0) is 10.7. The number of carboxylic acid groups (broad SMARTS) is 1. The maximum atomic E-state index is 11.0. The Morgan fingerprint density at radius 2 is 1.67 bits per heavy atom. The van der Waals surface area contributed by atoms with E-state index in [1.54, 1.807) is 0 Å². The number of hydrogen-bond acceptors (Lipinski definition) is 5. The van der Waals surface area contributed by atoms with Gasteiger partial charge in [0.25, 0.3) is 0 Å². The molecule has 0 aliphatic heterocycles. The third-order valence-corrected chi connectivity index (χ3v) is 1.80. The Labute approximate surface area is 84.1 Å². The van der Waals surface area contributed by atoms with Crippen LogP contribution in [-0.2, 0) is 11.3 Å². The van der Waals surface area contributed by atoms with Crippen LogP contribution in [0.1, 0.15) is 6.04 Å². The summed E-state index contributed by atoms with van der Waals surface area (Å²) in [6.45, 7) is 0.0943. The molecule has 2 rings (SSSR count). The molecule has 0 amide bonds. The van der Waals surface area contributed by atoms with Crippen molar-refractivity contribution < 1.29 is 9.90 Å². The summed E-state index contributed by atoms with van der Waals surface area (Å²) in [6.07, 6.45) is 5.81. The predicted molar refractivity (Wildman–Crippen MR) is 46.7 cm³/mol. The van der Waals surface area contributed by atoms with Crippen molar-refractivity contribution in [1.29, 1.82) is 0 Å². The first-order chi connectivity index (χ1) is 7.27. The second-order valence-electron chi connectivity index (χ2n) is 2.79. The van der Waals surface area contributed by atoms with Gasteiger partial charge < -0.3 is 5.11 Å². The van der Waals surface area contributed by atoms with Crippen molar-refractivity contribution in [2.24, 2.45) is 0 Å². The van der Waals surface area contributed by atoms with Gasteiger partial charge in [-0.15, -0.1) is 0 Å². The van der Waals surface area contributed by atoms with E-state index < -0.39 is 12.0 Å². The first kappa shape index (κ1) is 9.31. The minimum absolute atomic E-state index is 0.0943. The van der Waals surface area contributed by atoms with Crippen LogP contribution >= 0.6 is 0 Å². The standard InChI is InChI=1S/C7H8N6O2/c14-7(15)6(13-10-3-4-11-13)5-12-8-1-2-9-12/h1-4,6H,5H2,(H,14,15). The maximum absolute atomic E-state index is 11.0. The van der Waals surface area contributed by atoms with Gasteiger partial charge in [-0.2, -0.15) is 30.0 Å².